The molecule has 0 radical (unpaired) electrons. The van der Waals surface area contributed by atoms with E-state index in [0.29, 0.717) is 25.6 Å². The van der Waals surface area contributed by atoms with E-state index in [1.54, 1.807) is 7.11 Å². The van der Waals surface area contributed by atoms with Gasteiger partial charge in [-0.05, 0) is 37.8 Å². The van der Waals surface area contributed by atoms with E-state index in [-0.39, 0.29) is 22.3 Å². The molecule has 1 unspecified atom stereocenters. The van der Waals surface area contributed by atoms with Gasteiger partial charge in [0.15, 0.2) is 0 Å². The van der Waals surface area contributed by atoms with E-state index in [1.165, 1.54) is 16.4 Å². The number of rotatable bonds is 7. The van der Waals surface area contributed by atoms with Crippen molar-refractivity contribution in [3.05, 3.63) is 28.3 Å². The largest absolute Gasteiger partial charge is 0.383 e. The minimum absolute atomic E-state index is 0.0429. The van der Waals surface area contributed by atoms with Crippen LogP contribution in [0.15, 0.2) is 23.1 Å². The molecule has 140 valence electrons. The Morgan fingerprint density at radius 3 is 2.60 bits per heavy atom. The van der Waals surface area contributed by atoms with Crippen molar-refractivity contribution < 1.29 is 18.1 Å². The number of piperidine rings is 1. The molecule has 1 saturated heterocycles. The summed E-state index contributed by atoms with van der Waals surface area (Å²) in [6, 6.07) is 3.86. The molecule has 0 bridgehead atoms. The predicted molar refractivity (Wildman–Crippen MR) is 95.2 cm³/mol. The lowest BCUT2D eigenvalue weighted by molar-refractivity contribution is -0.384. The van der Waals surface area contributed by atoms with Gasteiger partial charge in [0.25, 0.3) is 5.69 Å². The van der Waals surface area contributed by atoms with Gasteiger partial charge in [0.1, 0.15) is 5.69 Å². The van der Waals surface area contributed by atoms with Gasteiger partial charge < -0.3 is 10.1 Å². The third-order valence-corrected chi connectivity index (χ3v) is 6.26. The molecule has 2 rings (SSSR count). The molecular formula is C16H25N3O5S. The SMILES string of the molecule is COCC(C)Nc1ccc(S(=O)(=O)N2CCC(C)CC2)cc1[N+](=O)[O-]. The van der Waals surface area contributed by atoms with Gasteiger partial charge in [-0.15, -0.1) is 0 Å². The van der Waals surface area contributed by atoms with Crippen molar-refractivity contribution in [2.75, 3.05) is 32.1 Å². The van der Waals surface area contributed by atoms with Crippen molar-refractivity contribution in [2.24, 2.45) is 5.92 Å². The number of nitrogens with zero attached hydrogens (tertiary/aromatic N) is 2. The number of nitro benzene ring substituents is 1. The van der Waals surface area contributed by atoms with Gasteiger partial charge in [-0.1, -0.05) is 6.92 Å². The van der Waals surface area contributed by atoms with Crippen molar-refractivity contribution in [2.45, 2.75) is 37.6 Å². The van der Waals surface area contributed by atoms with Crippen LogP contribution >= 0.6 is 0 Å². The molecular weight excluding hydrogens is 346 g/mol. The number of hydrogen-bond acceptors (Lipinski definition) is 6. The number of ether oxygens (including phenoxy) is 1. The van der Waals surface area contributed by atoms with E-state index in [2.05, 4.69) is 12.2 Å². The van der Waals surface area contributed by atoms with Crippen LogP contribution < -0.4 is 5.32 Å². The van der Waals surface area contributed by atoms with E-state index < -0.39 is 14.9 Å². The summed E-state index contributed by atoms with van der Waals surface area (Å²) >= 11 is 0. The average molecular weight is 371 g/mol. The highest BCUT2D eigenvalue weighted by Crippen LogP contribution is 2.31. The smallest absolute Gasteiger partial charge is 0.293 e. The fraction of sp³-hybridized carbons (Fsp3) is 0.625. The fourth-order valence-electron chi connectivity index (χ4n) is 2.88. The Bertz CT molecular complexity index is 714. The van der Waals surface area contributed by atoms with Gasteiger partial charge in [0.2, 0.25) is 10.0 Å². The lowest BCUT2D eigenvalue weighted by Crippen LogP contribution is -2.37. The van der Waals surface area contributed by atoms with Crippen LogP contribution in [0, 0.1) is 16.0 Å². The number of hydrogen-bond donors (Lipinski definition) is 1. The molecule has 1 atom stereocenters. The van der Waals surface area contributed by atoms with Crippen LogP contribution in [0.3, 0.4) is 0 Å². The quantitative estimate of drug-likeness (QED) is 0.583. The van der Waals surface area contributed by atoms with E-state index >= 15 is 0 Å². The van der Waals surface area contributed by atoms with Crippen molar-refractivity contribution >= 4 is 21.4 Å². The van der Waals surface area contributed by atoms with Crippen LogP contribution in [-0.2, 0) is 14.8 Å². The van der Waals surface area contributed by atoms with Crippen LogP contribution in [0.4, 0.5) is 11.4 Å². The summed E-state index contributed by atoms with van der Waals surface area (Å²) in [4.78, 5) is 10.8. The maximum atomic E-state index is 12.8. The van der Waals surface area contributed by atoms with Crippen LogP contribution in [-0.4, -0.2) is 50.5 Å². The zero-order chi connectivity index (χ0) is 18.6. The Balaban J connectivity index is 2.30. The zero-order valence-electron chi connectivity index (χ0n) is 14.8. The maximum absolute atomic E-state index is 12.8. The monoisotopic (exact) mass is 371 g/mol. The van der Waals surface area contributed by atoms with Gasteiger partial charge in [-0.3, -0.25) is 10.1 Å². The van der Waals surface area contributed by atoms with Crippen molar-refractivity contribution in [3.63, 3.8) is 0 Å². The second-order valence-corrected chi connectivity index (χ2v) is 8.46. The van der Waals surface area contributed by atoms with Crippen LogP contribution in [0.1, 0.15) is 26.7 Å². The number of methoxy groups -OCH3 is 1. The molecule has 1 N–H and O–H groups in total. The molecule has 1 aliphatic heterocycles. The summed E-state index contributed by atoms with van der Waals surface area (Å²) in [5, 5.41) is 14.4. The van der Waals surface area contributed by atoms with Crippen molar-refractivity contribution in [1.29, 1.82) is 0 Å². The molecule has 25 heavy (non-hydrogen) atoms. The summed E-state index contributed by atoms with van der Waals surface area (Å²) in [7, 11) is -2.18. The molecule has 0 amide bonds. The Morgan fingerprint density at radius 2 is 2.04 bits per heavy atom. The van der Waals surface area contributed by atoms with Crippen LogP contribution in [0.25, 0.3) is 0 Å². The molecule has 0 saturated carbocycles. The summed E-state index contributed by atoms with van der Waals surface area (Å²) in [6.07, 6.45) is 1.60. The standard InChI is InChI=1S/C16H25N3O5S/c1-12-6-8-18(9-7-12)25(22,23)14-4-5-15(16(10-14)19(20)21)17-13(2)11-24-3/h4-5,10,12-13,17H,6-9,11H2,1-3H3. The summed E-state index contributed by atoms with van der Waals surface area (Å²) < 4.78 is 32.0. The van der Waals surface area contributed by atoms with Crippen molar-refractivity contribution in [3.8, 4) is 0 Å². The Labute approximate surface area is 148 Å². The molecule has 0 aromatic heterocycles. The first-order valence-corrected chi connectivity index (χ1v) is 9.73. The zero-order valence-corrected chi connectivity index (χ0v) is 15.6. The predicted octanol–water partition coefficient (Wildman–Crippen LogP) is 2.46. The van der Waals surface area contributed by atoms with Gasteiger partial charge in [0.05, 0.1) is 16.4 Å². The first kappa shape index (κ1) is 19.6. The summed E-state index contributed by atoms with van der Waals surface area (Å²) in [6.45, 7) is 5.19. The van der Waals surface area contributed by atoms with Crippen LogP contribution in [0.2, 0.25) is 0 Å². The van der Waals surface area contributed by atoms with Gasteiger partial charge in [-0.2, -0.15) is 4.31 Å². The molecule has 1 aromatic rings. The summed E-state index contributed by atoms with van der Waals surface area (Å²) in [5.74, 6) is 0.495. The number of benzene rings is 1. The second-order valence-electron chi connectivity index (χ2n) is 6.52. The lowest BCUT2D eigenvalue weighted by atomic mass is 10.0. The first-order chi connectivity index (χ1) is 11.8. The van der Waals surface area contributed by atoms with E-state index in [0.717, 1.165) is 18.9 Å². The number of sulfonamides is 1. The highest BCUT2D eigenvalue weighted by atomic mass is 32.2. The third kappa shape index (κ3) is 4.68. The minimum atomic E-state index is -3.72. The third-order valence-electron chi connectivity index (χ3n) is 4.36. The Hall–Kier alpha value is -1.71. The molecule has 1 aromatic carbocycles. The Morgan fingerprint density at radius 1 is 1.40 bits per heavy atom. The second kappa shape index (κ2) is 8.11. The molecule has 9 heteroatoms. The number of anilines is 1. The minimum Gasteiger partial charge on any atom is -0.383 e. The topological polar surface area (TPSA) is 102 Å². The number of nitro groups is 1. The highest BCUT2D eigenvalue weighted by Gasteiger charge is 2.30. The lowest BCUT2D eigenvalue weighted by Gasteiger charge is -2.29. The molecule has 0 spiro atoms. The van der Waals surface area contributed by atoms with Gasteiger partial charge in [0, 0.05) is 32.3 Å². The normalized spacial score (nSPS) is 18.0. The average Bonchev–Trinajstić information content (AvgIpc) is 2.55. The number of nitrogens with one attached hydrogen (secondary N) is 1. The van der Waals surface area contributed by atoms with Gasteiger partial charge in [-0.25, -0.2) is 8.42 Å². The summed E-state index contributed by atoms with van der Waals surface area (Å²) in [5.41, 5.74) is 0.0233. The van der Waals surface area contributed by atoms with E-state index in [1.807, 2.05) is 6.92 Å². The maximum Gasteiger partial charge on any atom is 0.293 e. The molecule has 1 fully saturated rings. The molecule has 8 nitrogen and oxygen atoms in total. The fourth-order valence-corrected chi connectivity index (χ4v) is 4.37. The molecule has 0 aliphatic carbocycles. The molecule has 1 aliphatic rings. The van der Waals surface area contributed by atoms with Crippen molar-refractivity contribution in [1.82, 2.24) is 4.31 Å². The molecule has 1 heterocycles. The Kier molecular flexibility index (Phi) is 6.36. The highest BCUT2D eigenvalue weighted by molar-refractivity contribution is 7.89. The van der Waals surface area contributed by atoms with E-state index in [4.69, 9.17) is 4.74 Å². The van der Waals surface area contributed by atoms with Gasteiger partial charge >= 0.3 is 0 Å². The van der Waals surface area contributed by atoms with Crippen LogP contribution in [0.5, 0.6) is 0 Å². The first-order valence-electron chi connectivity index (χ1n) is 8.29. The van der Waals surface area contributed by atoms with E-state index in [9.17, 15) is 18.5 Å².